The molecule has 27 heteroatoms. The number of cyclic esters (lactones) is 1. The van der Waals surface area contributed by atoms with Crippen LogP contribution in [0.5, 0.6) is 0 Å². The van der Waals surface area contributed by atoms with Crippen molar-refractivity contribution in [3.05, 3.63) is 101 Å². The lowest BCUT2D eigenvalue weighted by atomic mass is 9.86. The maximum atomic E-state index is 13.6. The number of nitrogens with one attached hydrogen (secondary N) is 8. The first-order chi connectivity index (χ1) is 43.1. The number of nitrogens with zero attached hydrogens (tertiary/aromatic N) is 1. The molecule has 10 N–H and O–H groups in total. The number of ether oxygens (including phenoxy) is 4. The van der Waals surface area contributed by atoms with E-state index in [0.29, 0.717) is 48.4 Å². The van der Waals surface area contributed by atoms with Gasteiger partial charge in [0.15, 0.2) is 5.76 Å². The minimum absolute atomic E-state index is 0.0684. The Hall–Kier alpha value is -8.13. The van der Waals surface area contributed by atoms with Crippen LogP contribution < -0.4 is 48.3 Å². The number of alkyl carbamates (subject to hydrolysis) is 2. The molecule has 25 nitrogen and oxygen atoms in total. The lowest BCUT2D eigenvalue weighted by Crippen LogP contribution is -2.54. The van der Waals surface area contributed by atoms with Crippen molar-refractivity contribution in [1.82, 2.24) is 42.1 Å². The number of carbonyl (C=O) groups excluding carboxylic acids is 11. The predicted molar refractivity (Wildman–Crippen MR) is 347 cm³/mol. The zero-order valence-electron chi connectivity index (χ0n) is 53.9. The number of thioether (sulfide) groups is 1. The molecule has 1 aromatic rings. The average molecular weight is 1310 g/mol. The van der Waals surface area contributed by atoms with E-state index in [4.69, 9.17) is 36.3 Å². The summed E-state index contributed by atoms with van der Waals surface area (Å²) >= 11 is 7.43. The van der Waals surface area contributed by atoms with Gasteiger partial charge >= 0.3 is 24.2 Å². The van der Waals surface area contributed by atoms with Crippen molar-refractivity contribution in [2.24, 2.45) is 23.0 Å². The van der Waals surface area contributed by atoms with Gasteiger partial charge in [-0.15, -0.1) is 0 Å². The van der Waals surface area contributed by atoms with Crippen molar-refractivity contribution < 1.29 is 71.7 Å². The van der Waals surface area contributed by atoms with Gasteiger partial charge in [-0.1, -0.05) is 114 Å². The molecule has 0 spiro atoms. The van der Waals surface area contributed by atoms with E-state index in [9.17, 15) is 52.7 Å². The second kappa shape index (κ2) is 40.6. The number of carbonyl (C=O) groups is 11. The smallest absolute Gasteiger partial charge is 0.407 e. The highest BCUT2D eigenvalue weighted by molar-refractivity contribution is 8.00. The summed E-state index contributed by atoms with van der Waals surface area (Å²) < 4.78 is 21.5. The predicted octanol–water partition coefficient (Wildman–Crippen LogP) is 7.09. The molecule has 1 saturated heterocycles. The zero-order chi connectivity index (χ0) is 67.6. The number of rotatable bonds is 37. The number of primary amides is 1. The van der Waals surface area contributed by atoms with E-state index in [2.05, 4.69) is 42.5 Å². The number of urea groups is 1. The lowest BCUT2D eigenvalue weighted by Gasteiger charge is -2.29. The Morgan fingerprint density at radius 1 is 0.835 bits per heavy atom. The fourth-order valence-electron chi connectivity index (χ4n) is 9.17. The molecular formula is C64H93ClN10O15S. The van der Waals surface area contributed by atoms with Gasteiger partial charge in [0.25, 0.3) is 0 Å². The summed E-state index contributed by atoms with van der Waals surface area (Å²) in [4.78, 5) is 141. The first-order valence-electron chi connectivity index (χ1n) is 30.4. The molecule has 2 aliphatic rings. The van der Waals surface area contributed by atoms with E-state index in [1.165, 1.54) is 36.0 Å². The van der Waals surface area contributed by atoms with E-state index in [1.54, 1.807) is 81.7 Å². The molecular weight excluding hydrogens is 1220 g/mol. The molecule has 0 saturated carbocycles. The monoisotopic (exact) mass is 1310 g/mol. The summed E-state index contributed by atoms with van der Waals surface area (Å²) in [6.45, 7) is 15.1. The van der Waals surface area contributed by atoms with Crippen LogP contribution >= 0.6 is 23.4 Å². The van der Waals surface area contributed by atoms with Crippen LogP contribution in [0.3, 0.4) is 0 Å². The van der Waals surface area contributed by atoms with E-state index >= 15 is 0 Å². The van der Waals surface area contributed by atoms with Crippen molar-refractivity contribution in [1.29, 1.82) is 0 Å². The summed E-state index contributed by atoms with van der Waals surface area (Å²) in [5.74, 6) is -3.57. The second-order valence-corrected chi connectivity index (χ2v) is 25.0. The number of unbranched alkanes of at least 4 members (excludes halogenated alkanes) is 2. The highest BCUT2D eigenvalue weighted by Gasteiger charge is 2.38. The number of amides is 11. The first-order valence-corrected chi connectivity index (χ1v) is 32.1. The van der Waals surface area contributed by atoms with Gasteiger partial charge in [-0.25, -0.2) is 19.2 Å². The Kier molecular flexibility index (Phi) is 34.4. The third kappa shape index (κ3) is 30.0. The number of methoxy groups -OCH3 is 1. The second-order valence-electron chi connectivity index (χ2n) is 23.3. The molecule has 3 rings (SSSR count). The van der Waals surface area contributed by atoms with Gasteiger partial charge in [0.1, 0.15) is 36.9 Å². The molecule has 0 aliphatic carbocycles. The maximum absolute atomic E-state index is 13.6. The summed E-state index contributed by atoms with van der Waals surface area (Å²) in [6.07, 6.45) is 17.8. The third-order valence-corrected chi connectivity index (χ3v) is 15.4. The van der Waals surface area contributed by atoms with Crippen molar-refractivity contribution >= 4 is 94.6 Å². The molecule has 0 aromatic heterocycles. The van der Waals surface area contributed by atoms with Crippen LogP contribution in [0.1, 0.15) is 132 Å². The summed E-state index contributed by atoms with van der Waals surface area (Å²) in [5, 5.41) is 21.6. The number of allylic oxidation sites excluding steroid dienone is 5. The number of nitrogens with two attached hydrogens (primary N) is 1. The van der Waals surface area contributed by atoms with Crippen LogP contribution in [0, 0.1) is 17.3 Å². The van der Waals surface area contributed by atoms with E-state index < -0.39 is 77.5 Å². The van der Waals surface area contributed by atoms with Gasteiger partial charge in [-0.2, -0.15) is 11.8 Å². The van der Waals surface area contributed by atoms with Crippen LogP contribution in [0.15, 0.2) is 95.4 Å². The Morgan fingerprint density at radius 3 is 2.14 bits per heavy atom. The van der Waals surface area contributed by atoms with Gasteiger partial charge in [0, 0.05) is 81.0 Å². The van der Waals surface area contributed by atoms with Gasteiger partial charge < -0.3 is 67.2 Å². The summed E-state index contributed by atoms with van der Waals surface area (Å²) in [6, 6.07) is 2.73. The quantitative estimate of drug-likeness (QED) is 0.00802. The maximum Gasteiger partial charge on any atom is 0.407 e. The molecule has 7 atom stereocenters. The summed E-state index contributed by atoms with van der Waals surface area (Å²) in [7, 11) is 1.42. The lowest BCUT2D eigenvalue weighted by molar-refractivity contribution is -0.151. The van der Waals surface area contributed by atoms with E-state index in [1.807, 2.05) is 46.8 Å². The first kappa shape index (κ1) is 77.1. The van der Waals surface area contributed by atoms with Crippen molar-refractivity contribution in [3.8, 4) is 0 Å². The SMILES string of the molecule is COC1=CC[C@@H]([C@@H](C)/C=C(C)/C=C\C=C/C(=O)N[C@H](C(=O)N/C=C\C[C@H](C/C=C(\C)Cl)OC(=O)NCCCNC(=O)OCc2ccc(NC(=O)[C@H](CCCNC(N)=O)NC(=O)[C@@H](NC(=O)CCCCCN3C(=O)CC(SC)C3=O)C(C)C)cc2)C(C)(C)C)OC1=O. The number of hydrogen-bond acceptors (Lipinski definition) is 16. The Morgan fingerprint density at radius 2 is 1.52 bits per heavy atom. The van der Waals surface area contributed by atoms with Crippen LogP contribution in [-0.2, 0) is 63.9 Å². The molecule has 0 bridgehead atoms. The molecule has 2 heterocycles. The molecule has 0 radical (unpaired) electrons. The number of halogens is 1. The van der Waals surface area contributed by atoms with Crippen LogP contribution in [0.2, 0.25) is 0 Å². The minimum Gasteiger partial charge on any atom is -0.490 e. The van der Waals surface area contributed by atoms with Gasteiger partial charge in [0.05, 0.1) is 12.4 Å². The van der Waals surface area contributed by atoms with Gasteiger partial charge in [0.2, 0.25) is 41.4 Å². The molecule has 1 fully saturated rings. The molecule has 2 aliphatic heterocycles. The Bertz CT molecular complexity index is 2850. The normalized spacial score (nSPS) is 17.1. The zero-order valence-corrected chi connectivity index (χ0v) is 55.4. The van der Waals surface area contributed by atoms with Crippen LogP contribution in [0.4, 0.5) is 20.1 Å². The van der Waals surface area contributed by atoms with Crippen LogP contribution in [0.25, 0.3) is 0 Å². The number of hydrogen-bond donors (Lipinski definition) is 9. The third-order valence-electron chi connectivity index (χ3n) is 14.3. The molecule has 91 heavy (non-hydrogen) atoms. The van der Waals surface area contributed by atoms with E-state index in [0.717, 1.165) is 5.57 Å². The standard InChI is InChI=1S/C64H93ClN10O15S/c1-40(2)54(73-51(76)22-12-11-15-36-75-53(78)38-50(91-10)59(75)82)57(80)72-47(21-17-33-68-61(66)84)56(79)71-45-27-25-44(26-28-45)39-88-62(85)69-34-18-35-70-63(86)89-46(29-24-43(5)65)20-16-32-67-58(81)55(64(6,7)8)74-52(77)23-14-13-19-41(3)37-42(4)48-30-31-49(87-9)60(83)90-48/h13-14,16,19,23-28,31-32,37,40,42,46-48,50,54-55H,11-12,15,17-18,20-22,29-30,33-36,38-39H2,1-10H3,(H,67,81)(H,69,85)(H,70,86)(H,71,79)(H,72,80)(H,73,76)(H,74,77)(H3,66,68,84)/b19-13-,23-14-,32-16-,41-37+,43-24+/t42-,46+,47-,48-,50?,54-,55+/m0/s1. The number of anilines is 1. The topological polar surface area (TPSA) is 350 Å². The van der Waals surface area contributed by atoms with Crippen molar-refractivity contribution in [2.45, 2.75) is 168 Å². The van der Waals surface area contributed by atoms with Gasteiger partial charge in [-0.3, -0.25) is 38.5 Å². The Labute approximate surface area is 543 Å². The van der Waals surface area contributed by atoms with Crippen molar-refractivity contribution in [3.63, 3.8) is 0 Å². The summed E-state index contributed by atoms with van der Waals surface area (Å²) in [5.41, 5.74) is 6.40. The molecule has 502 valence electrons. The number of imide groups is 1. The minimum atomic E-state index is -1.08. The largest absolute Gasteiger partial charge is 0.490 e. The Balaban J connectivity index is 1.42. The average Bonchev–Trinajstić information content (AvgIpc) is 2.43. The van der Waals surface area contributed by atoms with Gasteiger partial charge in [-0.05, 0) is 93.5 Å². The highest BCUT2D eigenvalue weighted by atomic mass is 35.5. The molecule has 1 aromatic carbocycles. The van der Waals surface area contributed by atoms with E-state index in [-0.39, 0.29) is 118 Å². The fourth-order valence-corrected chi connectivity index (χ4v) is 9.90. The number of esters is 1. The number of benzene rings is 1. The fraction of sp³-hybridized carbons (Fsp3) is 0.547. The highest BCUT2D eigenvalue weighted by Crippen LogP contribution is 2.25. The number of likely N-dealkylation sites (tertiary alicyclic amines) is 1. The van der Waals surface area contributed by atoms with Crippen molar-refractivity contribution in [2.75, 3.05) is 44.9 Å². The van der Waals surface area contributed by atoms with Crippen LogP contribution in [-0.4, -0.2) is 146 Å². The molecule has 11 amide bonds. The molecule has 1 unspecified atom stereocenters.